The maximum Gasteiger partial charge on any atom is 0.225 e. The summed E-state index contributed by atoms with van der Waals surface area (Å²) >= 11 is 1.69. The Morgan fingerprint density at radius 2 is 2.12 bits per heavy atom. The van der Waals surface area contributed by atoms with Crippen molar-refractivity contribution in [3.63, 3.8) is 0 Å². The quantitative estimate of drug-likeness (QED) is 0.895. The van der Waals surface area contributed by atoms with E-state index in [0.717, 1.165) is 0 Å². The molecule has 0 aliphatic rings. The minimum Gasteiger partial charge on any atom is -0.354 e. The lowest BCUT2D eigenvalue weighted by Crippen LogP contribution is -2.40. The summed E-state index contributed by atoms with van der Waals surface area (Å²) in [4.78, 5) is 14.0. The fourth-order valence-corrected chi connectivity index (χ4v) is 2.22. The number of hydrogen-bond acceptors (Lipinski definition) is 3. The molecule has 0 fully saturated rings. The predicted molar refractivity (Wildman–Crippen MR) is 73.2 cm³/mol. The molecule has 0 radical (unpaired) electrons. The third-order valence-corrected chi connectivity index (χ3v) is 3.39. The third kappa shape index (κ3) is 4.13. The van der Waals surface area contributed by atoms with Crippen LogP contribution in [0.25, 0.3) is 0 Å². The Hall–Kier alpha value is -0.870. The highest BCUT2D eigenvalue weighted by Crippen LogP contribution is 2.20. The minimum atomic E-state index is -0.328. The summed E-state index contributed by atoms with van der Waals surface area (Å²) in [6.45, 7) is 6.44. The zero-order valence-electron chi connectivity index (χ0n) is 11.3. The van der Waals surface area contributed by atoms with E-state index in [2.05, 4.69) is 27.0 Å². The molecular weight excluding hydrogens is 232 g/mol. The first kappa shape index (κ1) is 14.2. The van der Waals surface area contributed by atoms with Gasteiger partial charge in [0.15, 0.2) is 0 Å². The SMILES string of the molecule is CN(C)C(CNC(=O)C(C)(C)C)c1ccsc1. The topological polar surface area (TPSA) is 32.3 Å². The van der Waals surface area contributed by atoms with Gasteiger partial charge in [-0.15, -0.1) is 0 Å². The lowest BCUT2D eigenvalue weighted by molar-refractivity contribution is -0.128. The Bertz CT molecular complexity index is 352. The molecule has 3 nitrogen and oxygen atoms in total. The van der Waals surface area contributed by atoms with Crippen molar-refractivity contribution in [2.24, 2.45) is 5.41 Å². The number of hydrogen-bond donors (Lipinski definition) is 1. The molecule has 0 bridgehead atoms. The molecule has 1 N–H and O–H groups in total. The van der Waals surface area contributed by atoms with Crippen molar-refractivity contribution in [2.75, 3.05) is 20.6 Å². The molecule has 1 heterocycles. The van der Waals surface area contributed by atoms with Crippen LogP contribution in [0.1, 0.15) is 32.4 Å². The van der Waals surface area contributed by atoms with Gasteiger partial charge in [0, 0.05) is 12.0 Å². The normalized spacial score (nSPS) is 13.8. The highest BCUT2D eigenvalue weighted by atomic mass is 32.1. The van der Waals surface area contributed by atoms with Gasteiger partial charge in [0.1, 0.15) is 0 Å². The van der Waals surface area contributed by atoms with E-state index < -0.39 is 0 Å². The Morgan fingerprint density at radius 3 is 2.53 bits per heavy atom. The first-order valence-corrected chi connectivity index (χ1v) is 6.73. The van der Waals surface area contributed by atoms with E-state index in [0.29, 0.717) is 6.54 Å². The Kier molecular flexibility index (Phi) is 4.71. The van der Waals surface area contributed by atoms with Crippen molar-refractivity contribution in [2.45, 2.75) is 26.8 Å². The summed E-state index contributed by atoms with van der Waals surface area (Å²) in [5.74, 6) is 0.0968. The molecule has 0 aliphatic carbocycles. The van der Waals surface area contributed by atoms with Gasteiger partial charge in [0.2, 0.25) is 5.91 Å². The Morgan fingerprint density at radius 1 is 1.47 bits per heavy atom. The molecule has 1 rings (SSSR count). The molecule has 0 aromatic carbocycles. The molecule has 1 aromatic heterocycles. The van der Waals surface area contributed by atoms with Gasteiger partial charge >= 0.3 is 0 Å². The molecule has 0 saturated heterocycles. The number of amides is 1. The summed E-state index contributed by atoms with van der Waals surface area (Å²) in [7, 11) is 4.07. The number of likely N-dealkylation sites (N-methyl/N-ethyl adjacent to an activating group) is 1. The van der Waals surface area contributed by atoms with Gasteiger partial charge in [-0.1, -0.05) is 20.8 Å². The summed E-state index contributed by atoms with van der Waals surface area (Å²) in [5.41, 5.74) is 0.931. The molecule has 4 heteroatoms. The lowest BCUT2D eigenvalue weighted by Gasteiger charge is -2.26. The molecule has 0 spiro atoms. The minimum absolute atomic E-state index is 0.0968. The number of nitrogens with one attached hydrogen (secondary N) is 1. The average Bonchev–Trinajstić information content (AvgIpc) is 2.69. The van der Waals surface area contributed by atoms with Gasteiger partial charge in [0.25, 0.3) is 0 Å². The predicted octanol–water partition coefficient (Wildman–Crippen LogP) is 2.51. The number of carbonyl (C=O) groups excluding carboxylic acids is 1. The summed E-state index contributed by atoms with van der Waals surface area (Å²) in [6, 6.07) is 2.35. The van der Waals surface area contributed by atoms with Crippen molar-refractivity contribution in [3.8, 4) is 0 Å². The Labute approximate surface area is 108 Å². The van der Waals surface area contributed by atoms with Crippen molar-refractivity contribution < 1.29 is 4.79 Å². The number of thiophene rings is 1. The summed E-state index contributed by atoms with van der Waals surface area (Å²) in [6.07, 6.45) is 0. The number of nitrogens with zero attached hydrogens (tertiary/aromatic N) is 1. The largest absolute Gasteiger partial charge is 0.354 e. The van der Waals surface area contributed by atoms with E-state index in [1.807, 2.05) is 34.9 Å². The monoisotopic (exact) mass is 254 g/mol. The molecule has 17 heavy (non-hydrogen) atoms. The average molecular weight is 254 g/mol. The Balaban J connectivity index is 2.61. The van der Waals surface area contributed by atoms with Gasteiger partial charge < -0.3 is 10.2 Å². The molecule has 1 unspecified atom stereocenters. The molecule has 0 aliphatic heterocycles. The van der Waals surface area contributed by atoms with Crippen molar-refractivity contribution >= 4 is 17.2 Å². The molecule has 1 atom stereocenters. The number of carbonyl (C=O) groups is 1. The molecule has 1 aromatic rings. The van der Waals surface area contributed by atoms with E-state index >= 15 is 0 Å². The van der Waals surface area contributed by atoms with Crippen LogP contribution in [0, 0.1) is 5.41 Å². The highest BCUT2D eigenvalue weighted by molar-refractivity contribution is 7.07. The fourth-order valence-electron chi connectivity index (χ4n) is 1.52. The van der Waals surface area contributed by atoms with Crippen LogP contribution in [-0.4, -0.2) is 31.4 Å². The second-order valence-electron chi connectivity index (χ2n) is 5.50. The molecular formula is C13H22N2OS. The van der Waals surface area contributed by atoms with E-state index in [4.69, 9.17) is 0 Å². The summed E-state index contributed by atoms with van der Waals surface area (Å²) < 4.78 is 0. The van der Waals surface area contributed by atoms with Crippen molar-refractivity contribution in [1.82, 2.24) is 10.2 Å². The maximum absolute atomic E-state index is 11.8. The van der Waals surface area contributed by atoms with Gasteiger partial charge in [-0.25, -0.2) is 0 Å². The molecule has 0 saturated carbocycles. The zero-order valence-corrected chi connectivity index (χ0v) is 12.1. The van der Waals surface area contributed by atoms with Crippen LogP contribution in [0.15, 0.2) is 16.8 Å². The highest BCUT2D eigenvalue weighted by Gasteiger charge is 2.23. The second kappa shape index (κ2) is 5.65. The van der Waals surface area contributed by atoms with Gasteiger partial charge in [-0.3, -0.25) is 4.79 Å². The van der Waals surface area contributed by atoms with E-state index in [-0.39, 0.29) is 17.4 Å². The van der Waals surface area contributed by atoms with Crippen LogP contribution in [0.2, 0.25) is 0 Å². The van der Waals surface area contributed by atoms with Crippen LogP contribution < -0.4 is 5.32 Å². The number of rotatable bonds is 4. The maximum atomic E-state index is 11.8. The lowest BCUT2D eigenvalue weighted by atomic mass is 9.95. The van der Waals surface area contributed by atoms with Crippen LogP contribution in [0.4, 0.5) is 0 Å². The smallest absolute Gasteiger partial charge is 0.225 e. The van der Waals surface area contributed by atoms with Crippen LogP contribution in [-0.2, 0) is 4.79 Å². The van der Waals surface area contributed by atoms with E-state index in [1.165, 1.54) is 5.56 Å². The van der Waals surface area contributed by atoms with Crippen LogP contribution in [0.3, 0.4) is 0 Å². The van der Waals surface area contributed by atoms with Crippen molar-refractivity contribution in [1.29, 1.82) is 0 Å². The second-order valence-corrected chi connectivity index (χ2v) is 6.28. The van der Waals surface area contributed by atoms with Crippen molar-refractivity contribution in [3.05, 3.63) is 22.4 Å². The fraction of sp³-hybridized carbons (Fsp3) is 0.615. The zero-order chi connectivity index (χ0) is 13.1. The first-order valence-electron chi connectivity index (χ1n) is 5.79. The van der Waals surface area contributed by atoms with Crippen LogP contribution >= 0.6 is 11.3 Å². The molecule has 96 valence electrons. The van der Waals surface area contributed by atoms with Gasteiger partial charge in [-0.05, 0) is 36.5 Å². The standard InChI is InChI=1S/C13H22N2OS/c1-13(2,3)12(16)14-8-11(15(4)5)10-6-7-17-9-10/h6-7,9,11H,8H2,1-5H3,(H,14,16). The third-order valence-electron chi connectivity index (χ3n) is 2.69. The first-order chi connectivity index (χ1) is 7.82. The summed E-state index contributed by atoms with van der Waals surface area (Å²) in [5, 5.41) is 7.22. The van der Waals surface area contributed by atoms with E-state index in [1.54, 1.807) is 11.3 Å². The van der Waals surface area contributed by atoms with Gasteiger partial charge in [-0.2, -0.15) is 11.3 Å². The van der Waals surface area contributed by atoms with Crippen LogP contribution in [0.5, 0.6) is 0 Å². The van der Waals surface area contributed by atoms with E-state index in [9.17, 15) is 4.79 Å². The van der Waals surface area contributed by atoms with Gasteiger partial charge in [0.05, 0.1) is 6.04 Å². The molecule has 1 amide bonds.